The summed E-state index contributed by atoms with van der Waals surface area (Å²) in [6.45, 7) is 9.14. The van der Waals surface area contributed by atoms with Gasteiger partial charge >= 0.3 is 5.97 Å². The van der Waals surface area contributed by atoms with Crippen molar-refractivity contribution < 1.29 is 9.53 Å². The number of rotatable bonds is 4. The number of nitrogens with one attached hydrogen (secondary N) is 1. The van der Waals surface area contributed by atoms with Gasteiger partial charge in [0.1, 0.15) is 0 Å². The number of hydrogen-bond acceptors (Lipinski definition) is 3. The molecule has 0 aromatic carbocycles. The highest BCUT2D eigenvalue weighted by atomic mass is 32.1. The van der Waals surface area contributed by atoms with Crippen molar-refractivity contribution in [3.8, 4) is 0 Å². The van der Waals surface area contributed by atoms with Crippen molar-refractivity contribution in [1.82, 2.24) is 9.55 Å². The second-order valence-corrected chi connectivity index (χ2v) is 5.32. The lowest BCUT2D eigenvalue weighted by Crippen LogP contribution is -2.19. The van der Waals surface area contributed by atoms with Gasteiger partial charge in [-0.05, 0) is 19.1 Å². The van der Waals surface area contributed by atoms with Gasteiger partial charge in [-0.3, -0.25) is 4.79 Å². The van der Waals surface area contributed by atoms with Crippen LogP contribution in [0.25, 0.3) is 0 Å². The average Bonchev–Trinajstić information content (AvgIpc) is 2.57. The van der Waals surface area contributed by atoms with Crippen LogP contribution in [-0.4, -0.2) is 22.1 Å². The summed E-state index contributed by atoms with van der Waals surface area (Å²) < 4.78 is 7.53. The molecule has 5 heteroatoms. The summed E-state index contributed by atoms with van der Waals surface area (Å²) in [5, 5.41) is 0. The molecular weight excluding hydrogens is 236 g/mol. The third kappa shape index (κ3) is 3.70. The minimum atomic E-state index is -0.185. The van der Waals surface area contributed by atoms with Crippen molar-refractivity contribution in [2.45, 2.75) is 46.1 Å². The van der Waals surface area contributed by atoms with Crippen molar-refractivity contribution >= 4 is 18.2 Å². The molecule has 0 unspecified atom stereocenters. The van der Waals surface area contributed by atoms with Gasteiger partial charge < -0.3 is 14.3 Å². The molecule has 0 aliphatic rings. The number of nitrogens with zero attached hydrogens (tertiary/aromatic N) is 1. The first-order valence-corrected chi connectivity index (χ1v) is 6.21. The maximum absolute atomic E-state index is 11.3. The van der Waals surface area contributed by atoms with Crippen LogP contribution >= 0.6 is 12.2 Å². The number of ether oxygens (including phenoxy) is 1. The molecule has 0 saturated heterocycles. The van der Waals surface area contributed by atoms with E-state index >= 15 is 0 Å². The summed E-state index contributed by atoms with van der Waals surface area (Å²) in [4.78, 5) is 14.4. The number of aromatic nitrogens is 2. The van der Waals surface area contributed by atoms with Crippen LogP contribution in [0.4, 0.5) is 0 Å². The second-order valence-electron chi connectivity index (χ2n) is 4.94. The van der Waals surface area contributed by atoms with Crippen molar-refractivity contribution in [3.05, 3.63) is 16.7 Å². The van der Waals surface area contributed by atoms with E-state index in [4.69, 9.17) is 17.0 Å². The van der Waals surface area contributed by atoms with Gasteiger partial charge in [-0.15, -0.1) is 0 Å². The van der Waals surface area contributed by atoms with Gasteiger partial charge in [0.05, 0.1) is 13.0 Å². The van der Waals surface area contributed by atoms with E-state index in [0.29, 0.717) is 24.3 Å². The predicted molar refractivity (Wildman–Crippen MR) is 69.6 cm³/mol. The zero-order chi connectivity index (χ0) is 13.1. The van der Waals surface area contributed by atoms with Gasteiger partial charge in [0.15, 0.2) is 4.77 Å². The van der Waals surface area contributed by atoms with Crippen LogP contribution in [0, 0.1) is 4.77 Å². The average molecular weight is 256 g/mol. The van der Waals surface area contributed by atoms with E-state index in [-0.39, 0.29) is 11.4 Å². The summed E-state index contributed by atoms with van der Waals surface area (Å²) in [7, 11) is 0. The molecule has 0 aliphatic heterocycles. The fourth-order valence-electron chi connectivity index (χ4n) is 1.67. The Morgan fingerprint density at radius 1 is 1.53 bits per heavy atom. The van der Waals surface area contributed by atoms with Crippen molar-refractivity contribution in [2.24, 2.45) is 0 Å². The van der Waals surface area contributed by atoms with E-state index in [1.54, 1.807) is 6.92 Å². The lowest BCUT2D eigenvalue weighted by Gasteiger charge is -2.20. The Morgan fingerprint density at radius 2 is 2.18 bits per heavy atom. The smallest absolute Gasteiger partial charge is 0.307 e. The number of esters is 1. The lowest BCUT2D eigenvalue weighted by molar-refractivity contribution is -0.143. The predicted octanol–water partition coefficient (Wildman–Crippen LogP) is 2.80. The first-order chi connectivity index (χ1) is 7.86. The number of aromatic amines is 1. The molecule has 1 aromatic heterocycles. The molecule has 0 atom stereocenters. The molecular formula is C12H20N2O2S. The standard InChI is InChI=1S/C12H20N2O2S/c1-5-16-10(15)6-7-14-9(12(2,3)4)8-13-11(14)17/h8H,5-7H2,1-4H3,(H,13,17). The monoisotopic (exact) mass is 256 g/mol. The van der Waals surface area contributed by atoms with Crippen molar-refractivity contribution in [2.75, 3.05) is 6.61 Å². The molecule has 0 spiro atoms. The molecule has 0 bridgehead atoms. The first-order valence-electron chi connectivity index (χ1n) is 5.80. The van der Waals surface area contributed by atoms with Gasteiger partial charge in [-0.2, -0.15) is 0 Å². The molecule has 0 aliphatic carbocycles. The van der Waals surface area contributed by atoms with Crippen LogP contribution in [0.2, 0.25) is 0 Å². The molecule has 1 rings (SSSR count). The summed E-state index contributed by atoms with van der Waals surface area (Å²) in [6, 6.07) is 0. The Morgan fingerprint density at radius 3 is 2.71 bits per heavy atom. The van der Waals surface area contributed by atoms with E-state index < -0.39 is 0 Å². The topological polar surface area (TPSA) is 47.0 Å². The SMILES string of the molecule is CCOC(=O)CCn1c(C(C)(C)C)c[nH]c1=S. The van der Waals surface area contributed by atoms with Gasteiger partial charge in [0.25, 0.3) is 0 Å². The number of H-pyrrole nitrogens is 1. The van der Waals surface area contributed by atoms with Crippen LogP contribution in [0.1, 0.15) is 39.8 Å². The van der Waals surface area contributed by atoms with E-state index in [1.807, 2.05) is 10.8 Å². The number of carbonyl (C=O) groups is 1. The Hall–Kier alpha value is -1.10. The third-order valence-corrected chi connectivity index (χ3v) is 2.82. The fourth-order valence-corrected chi connectivity index (χ4v) is 1.92. The molecule has 0 amide bonds. The van der Waals surface area contributed by atoms with Crippen LogP contribution in [0.3, 0.4) is 0 Å². The molecule has 96 valence electrons. The first kappa shape index (κ1) is 14.0. The quantitative estimate of drug-likeness (QED) is 0.665. The highest BCUT2D eigenvalue weighted by Gasteiger charge is 2.19. The summed E-state index contributed by atoms with van der Waals surface area (Å²) >= 11 is 5.21. The molecule has 0 radical (unpaired) electrons. The molecule has 0 saturated carbocycles. The minimum absolute atomic E-state index is 0.00220. The lowest BCUT2D eigenvalue weighted by atomic mass is 9.92. The number of hydrogen-bond donors (Lipinski definition) is 1. The zero-order valence-corrected chi connectivity index (χ0v) is 11.7. The fraction of sp³-hybridized carbons (Fsp3) is 0.667. The Balaban J connectivity index is 2.81. The van der Waals surface area contributed by atoms with Crippen LogP contribution in [0.15, 0.2) is 6.20 Å². The third-order valence-electron chi connectivity index (χ3n) is 2.48. The molecule has 17 heavy (non-hydrogen) atoms. The van der Waals surface area contributed by atoms with E-state index in [9.17, 15) is 4.79 Å². The minimum Gasteiger partial charge on any atom is -0.466 e. The van der Waals surface area contributed by atoms with Crippen LogP contribution < -0.4 is 0 Å². The molecule has 0 fully saturated rings. The zero-order valence-electron chi connectivity index (χ0n) is 10.9. The van der Waals surface area contributed by atoms with Crippen molar-refractivity contribution in [1.29, 1.82) is 0 Å². The van der Waals surface area contributed by atoms with Gasteiger partial charge in [-0.25, -0.2) is 0 Å². The van der Waals surface area contributed by atoms with Gasteiger partial charge in [0.2, 0.25) is 0 Å². The summed E-state index contributed by atoms with van der Waals surface area (Å²) in [6.07, 6.45) is 2.26. The summed E-state index contributed by atoms with van der Waals surface area (Å²) in [5.41, 5.74) is 1.11. The van der Waals surface area contributed by atoms with Crippen LogP contribution in [-0.2, 0) is 21.5 Å². The largest absolute Gasteiger partial charge is 0.466 e. The highest BCUT2D eigenvalue weighted by Crippen LogP contribution is 2.22. The Bertz CT molecular complexity index is 440. The van der Waals surface area contributed by atoms with E-state index in [2.05, 4.69) is 25.8 Å². The summed E-state index contributed by atoms with van der Waals surface area (Å²) in [5.74, 6) is -0.185. The second kappa shape index (κ2) is 5.49. The maximum Gasteiger partial charge on any atom is 0.307 e. The molecule has 1 heterocycles. The van der Waals surface area contributed by atoms with Crippen molar-refractivity contribution in [3.63, 3.8) is 0 Å². The molecule has 1 aromatic rings. The maximum atomic E-state index is 11.3. The van der Waals surface area contributed by atoms with Crippen LogP contribution in [0.5, 0.6) is 0 Å². The Labute approximate surface area is 107 Å². The van der Waals surface area contributed by atoms with E-state index in [1.165, 1.54) is 0 Å². The van der Waals surface area contributed by atoms with E-state index in [0.717, 1.165) is 5.69 Å². The van der Waals surface area contributed by atoms with Gasteiger partial charge in [0, 0.05) is 23.9 Å². The molecule has 1 N–H and O–H groups in total. The number of carbonyl (C=O) groups excluding carboxylic acids is 1. The Kier molecular flexibility index (Phi) is 4.51. The molecule has 4 nitrogen and oxygen atoms in total. The normalized spacial score (nSPS) is 11.5. The van der Waals surface area contributed by atoms with Gasteiger partial charge in [-0.1, -0.05) is 20.8 Å². The highest BCUT2D eigenvalue weighted by molar-refractivity contribution is 7.71. The number of imidazole rings is 1.